The van der Waals surface area contributed by atoms with Crippen LogP contribution in [-0.4, -0.2) is 62.3 Å². The van der Waals surface area contributed by atoms with Crippen molar-refractivity contribution in [3.8, 4) is 6.07 Å². The molecule has 1 saturated heterocycles. The molecule has 0 aromatic carbocycles. The predicted molar refractivity (Wildman–Crippen MR) is 147 cm³/mol. The first-order valence-electron chi connectivity index (χ1n) is 12.5. The van der Waals surface area contributed by atoms with Crippen molar-refractivity contribution in [1.82, 2.24) is 19.9 Å². The Morgan fingerprint density at radius 1 is 1.27 bits per heavy atom. The number of carbonyl (C=O) groups excluding carboxylic acids is 1. The van der Waals surface area contributed by atoms with Crippen LogP contribution in [0.15, 0.2) is 35.5 Å². The van der Waals surface area contributed by atoms with Gasteiger partial charge in [0.05, 0.1) is 38.9 Å². The molecule has 37 heavy (non-hydrogen) atoms. The van der Waals surface area contributed by atoms with Gasteiger partial charge in [-0.3, -0.25) is 9.00 Å². The highest BCUT2D eigenvalue weighted by Crippen LogP contribution is 2.27. The number of hydrogen-bond acceptors (Lipinski definition) is 8. The van der Waals surface area contributed by atoms with Gasteiger partial charge in [-0.2, -0.15) is 5.26 Å². The van der Waals surface area contributed by atoms with Crippen molar-refractivity contribution in [1.29, 1.82) is 10.7 Å². The number of nitrogens with one attached hydrogen (secondary N) is 2. The molecule has 4 N–H and O–H groups in total. The van der Waals surface area contributed by atoms with Crippen LogP contribution in [0, 0.1) is 29.6 Å². The van der Waals surface area contributed by atoms with Gasteiger partial charge < -0.3 is 25.9 Å². The summed E-state index contributed by atoms with van der Waals surface area (Å²) in [6, 6.07) is 3.50. The summed E-state index contributed by atoms with van der Waals surface area (Å²) in [5.74, 6) is 0.449. The average Bonchev–Trinajstić information content (AvgIpc) is 3.58. The van der Waals surface area contributed by atoms with E-state index in [1.807, 2.05) is 39.0 Å². The van der Waals surface area contributed by atoms with Gasteiger partial charge >= 0.3 is 0 Å². The molecule has 10 nitrogen and oxygen atoms in total. The smallest absolute Gasteiger partial charge is 0.267 e. The standard InChI is InChI=1S/C15H22N4O2S.C9H10N4.C2H6/c1-9-14(7-13(19(9)3)15(20)18-2)22(21)11-4-5-12(17)10(6-11)8-16;10-5-8-6-11-9(12-7-8)13-3-1-2-4-13;1-2/h4-5,7-8,10-12,16H,6,17H2,1-3H3,(H,18,20);6-7H,1-4H2;1-2H3. The summed E-state index contributed by atoms with van der Waals surface area (Å²) in [5.41, 5.74) is 7.73. The summed E-state index contributed by atoms with van der Waals surface area (Å²) in [6.07, 6.45) is 11.2. The minimum Gasteiger partial charge on any atom is -0.354 e. The zero-order valence-electron chi connectivity index (χ0n) is 22.3. The molecule has 200 valence electrons. The van der Waals surface area contributed by atoms with E-state index >= 15 is 0 Å². The first-order valence-corrected chi connectivity index (χ1v) is 13.7. The van der Waals surface area contributed by atoms with Crippen molar-refractivity contribution in [3.63, 3.8) is 0 Å². The molecule has 4 unspecified atom stereocenters. The Morgan fingerprint density at radius 3 is 2.43 bits per heavy atom. The highest BCUT2D eigenvalue weighted by atomic mass is 32.2. The fraction of sp³-hybridized carbons (Fsp3) is 0.500. The van der Waals surface area contributed by atoms with Crippen molar-refractivity contribution >= 4 is 28.9 Å². The molecule has 1 fully saturated rings. The Morgan fingerprint density at radius 2 is 1.89 bits per heavy atom. The molecule has 0 saturated carbocycles. The summed E-state index contributed by atoms with van der Waals surface area (Å²) in [7, 11) is 2.08. The molecule has 4 rings (SSSR count). The van der Waals surface area contributed by atoms with Crippen LogP contribution in [0.1, 0.15) is 54.9 Å². The van der Waals surface area contributed by atoms with Crippen molar-refractivity contribution < 1.29 is 9.00 Å². The van der Waals surface area contributed by atoms with Crippen molar-refractivity contribution in [2.24, 2.45) is 18.7 Å². The van der Waals surface area contributed by atoms with Crippen LogP contribution < -0.4 is 16.0 Å². The van der Waals surface area contributed by atoms with Gasteiger partial charge in [0.1, 0.15) is 11.8 Å². The number of rotatable bonds is 5. The Labute approximate surface area is 221 Å². The monoisotopic (exact) mass is 526 g/mol. The van der Waals surface area contributed by atoms with Crippen LogP contribution in [0.4, 0.5) is 5.95 Å². The first kappa shape index (κ1) is 29.9. The second kappa shape index (κ2) is 14.4. The largest absolute Gasteiger partial charge is 0.354 e. The maximum atomic E-state index is 12.9. The summed E-state index contributed by atoms with van der Waals surface area (Å²) in [6.45, 7) is 7.92. The number of carbonyl (C=O) groups is 1. The van der Waals surface area contributed by atoms with E-state index in [4.69, 9.17) is 16.4 Å². The number of nitrogens with zero attached hydrogens (tertiary/aromatic N) is 5. The molecule has 0 spiro atoms. The van der Waals surface area contributed by atoms with Gasteiger partial charge in [-0.1, -0.05) is 26.0 Å². The number of aromatic nitrogens is 3. The molecule has 2 aliphatic rings. The zero-order valence-corrected chi connectivity index (χ0v) is 23.1. The summed E-state index contributed by atoms with van der Waals surface area (Å²) in [4.78, 5) is 22.9. The van der Waals surface area contributed by atoms with Crippen molar-refractivity contribution in [3.05, 3.63) is 47.6 Å². The Hall–Kier alpha value is -3.36. The number of nitrogens with two attached hydrogens (primary N) is 1. The molecule has 1 aliphatic carbocycles. The lowest BCUT2D eigenvalue weighted by molar-refractivity contribution is 0.0955. The maximum absolute atomic E-state index is 12.9. The maximum Gasteiger partial charge on any atom is 0.267 e. The van der Waals surface area contributed by atoms with E-state index < -0.39 is 10.8 Å². The predicted octanol–water partition coefficient (Wildman–Crippen LogP) is 2.70. The zero-order chi connectivity index (χ0) is 27.5. The Kier molecular flexibility index (Phi) is 11.6. The molecule has 1 aliphatic heterocycles. The summed E-state index contributed by atoms with van der Waals surface area (Å²) in [5, 5.41) is 18.4. The fourth-order valence-corrected chi connectivity index (χ4v) is 5.69. The number of hydrogen-bond donors (Lipinski definition) is 3. The summed E-state index contributed by atoms with van der Waals surface area (Å²) < 4.78 is 14.6. The normalized spacial score (nSPS) is 21.0. The van der Waals surface area contributed by atoms with Crippen LogP contribution in [-0.2, 0) is 17.8 Å². The van der Waals surface area contributed by atoms with Gasteiger partial charge in [0.2, 0.25) is 5.95 Å². The Bertz CT molecular complexity index is 1150. The van der Waals surface area contributed by atoms with E-state index in [0.717, 1.165) is 24.7 Å². The van der Waals surface area contributed by atoms with Gasteiger partial charge in [0, 0.05) is 51.1 Å². The van der Waals surface area contributed by atoms with Crippen LogP contribution >= 0.6 is 0 Å². The van der Waals surface area contributed by atoms with E-state index in [2.05, 4.69) is 20.2 Å². The van der Waals surface area contributed by atoms with Crippen LogP contribution in [0.25, 0.3) is 0 Å². The lowest BCUT2D eigenvalue weighted by Crippen LogP contribution is -2.36. The third kappa shape index (κ3) is 7.33. The topological polar surface area (TPSA) is 154 Å². The van der Waals surface area contributed by atoms with E-state index in [9.17, 15) is 9.00 Å². The van der Waals surface area contributed by atoms with Crippen LogP contribution in [0.2, 0.25) is 0 Å². The SMILES string of the molecule is CC.CNC(=O)c1cc(S(=O)C2C=CC(N)C(C=N)C2)c(C)n1C.N#Cc1cnc(N2CCCC2)nc1. The summed E-state index contributed by atoms with van der Waals surface area (Å²) >= 11 is 0. The van der Waals surface area contributed by atoms with Crippen LogP contribution in [0.5, 0.6) is 0 Å². The van der Waals surface area contributed by atoms with Gasteiger partial charge in [-0.05, 0) is 32.3 Å². The Balaban J connectivity index is 0.000000272. The fourth-order valence-electron chi connectivity index (χ4n) is 4.08. The molecule has 2 aromatic heterocycles. The van der Waals surface area contributed by atoms with Gasteiger partial charge in [-0.15, -0.1) is 0 Å². The third-order valence-corrected chi connectivity index (χ3v) is 8.10. The second-order valence-electron chi connectivity index (χ2n) is 8.56. The highest BCUT2D eigenvalue weighted by molar-refractivity contribution is 7.86. The molecule has 11 heteroatoms. The van der Waals surface area contributed by atoms with Gasteiger partial charge in [0.25, 0.3) is 5.91 Å². The minimum atomic E-state index is -1.27. The van der Waals surface area contributed by atoms with Crippen molar-refractivity contribution in [2.75, 3.05) is 25.0 Å². The number of anilines is 1. The first-order chi connectivity index (χ1) is 17.8. The molecular formula is C26H38N8O2S. The van der Waals surface area contributed by atoms with Crippen molar-refractivity contribution in [2.45, 2.75) is 56.2 Å². The lowest BCUT2D eigenvalue weighted by Gasteiger charge is -2.26. The second-order valence-corrected chi connectivity index (χ2v) is 10.2. The van der Waals surface area contributed by atoms with Gasteiger partial charge in [0.15, 0.2) is 0 Å². The quantitative estimate of drug-likeness (QED) is 0.400. The molecular weight excluding hydrogens is 488 g/mol. The van der Waals surface area contributed by atoms with E-state index in [1.54, 1.807) is 37.1 Å². The minimum absolute atomic E-state index is 0.0959. The molecule has 0 radical (unpaired) electrons. The molecule has 0 bridgehead atoms. The molecule has 4 atom stereocenters. The molecule has 3 heterocycles. The van der Waals surface area contributed by atoms with E-state index in [-0.39, 0.29) is 23.1 Å². The molecule has 2 aromatic rings. The van der Waals surface area contributed by atoms with E-state index in [1.165, 1.54) is 19.1 Å². The third-order valence-electron chi connectivity index (χ3n) is 6.36. The van der Waals surface area contributed by atoms with Gasteiger partial charge in [-0.25, -0.2) is 9.97 Å². The van der Waals surface area contributed by atoms with Crippen LogP contribution in [0.3, 0.4) is 0 Å². The van der Waals surface area contributed by atoms with E-state index in [0.29, 0.717) is 22.6 Å². The lowest BCUT2D eigenvalue weighted by atomic mass is 9.91. The average molecular weight is 527 g/mol. The highest BCUT2D eigenvalue weighted by Gasteiger charge is 2.29. The molecule has 1 amide bonds. The number of amides is 1. The number of nitriles is 1.